The molecule has 0 bridgehead atoms. The minimum absolute atomic E-state index is 0.0202. The fourth-order valence-electron chi connectivity index (χ4n) is 2.57. The summed E-state index contributed by atoms with van der Waals surface area (Å²) in [5, 5.41) is 27.2. The number of rotatable bonds is 7. The van der Waals surface area contributed by atoms with Gasteiger partial charge in [0.1, 0.15) is 6.61 Å². The fraction of sp³-hybridized carbons (Fsp3) is 0.250. The van der Waals surface area contributed by atoms with Gasteiger partial charge in [0.25, 0.3) is 0 Å². The second-order valence-corrected chi connectivity index (χ2v) is 6.59. The molecule has 0 atom stereocenters. The summed E-state index contributed by atoms with van der Waals surface area (Å²) in [6, 6.07) is 10.5. The van der Waals surface area contributed by atoms with Gasteiger partial charge in [-0.2, -0.15) is 4.98 Å². The molecule has 0 fully saturated rings. The summed E-state index contributed by atoms with van der Waals surface area (Å²) in [6.45, 7) is 3.98. The molecule has 28 heavy (non-hydrogen) atoms. The molecular weight excluding hydrogens is 382 g/mol. The molecule has 0 radical (unpaired) electrons. The molecule has 3 rings (SSSR count). The zero-order valence-electron chi connectivity index (χ0n) is 15.5. The van der Waals surface area contributed by atoms with Crippen molar-refractivity contribution in [3.63, 3.8) is 0 Å². The van der Waals surface area contributed by atoms with Crippen molar-refractivity contribution in [2.24, 2.45) is 5.16 Å². The van der Waals surface area contributed by atoms with Crippen molar-refractivity contribution in [3.8, 4) is 22.9 Å². The molecule has 0 aliphatic heterocycles. The maximum atomic E-state index is 9.72. The Hall–Kier alpha value is -3.06. The van der Waals surface area contributed by atoms with Crippen LogP contribution in [0.3, 0.4) is 0 Å². The molecule has 0 saturated heterocycles. The highest BCUT2D eigenvalue weighted by atomic mass is 35.5. The van der Waals surface area contributed by atoms with Crippen LogP contribution in [0, 0.1) is 0 Å². The number of hydrogen-bond acceptors (Lipinski definition) is 7. The number of phenols is 2. The first-order valence-corrected chi connectivity index (χ1v) is 9.16. The second-order valence-electron chi connectivity index (χ2n) is 6.21. The van der Waals surface area contributed by atoms with Crippen LogP contribution in [-0.4, -0.2) is 26.1 Å². The molecule has 3 aromatic rings. The smallest absolute Gasteiger partial charge is 0.226 e. The summed E-state index contributed by atoms with van der Waals surface area (Å²) in [5.41, 5.74) is 2.66. The predicted octanol–water partition coefficient (Wildman–Crippen LogP) is 4.69. The first-order valence-electron chi connectivity index (χ1n) is 8.78. The largest absolute Gasteiger partial charge is 0.504 e. The predicted molar refractivity (Wildman–Crippen MR) is 106 cm³/mol. The van der Waals surface area contributed by atoms with Crippen LogP contribution < -0.4 is 0 Å². The van der Waals surface area contributed by atoms with Crippen molar-refractivity contribution in [2.75, 3.05) is 0 Å². The number of oxime groups is 1. The molecule has 2 N–H and O–H groups in total. The van der Waals surface area contributed by atoms with Gasteiger partial charge in [0.2, 0.25) is 11.7 Å². The van der Waals surface area contributed by atoms with Gasteiger partial charge in [-0.15, -0.1) is 0 Å². The average Bonchev–Trinajstić information content (AvgIpc) is 3.15. The highest BCUT2D eigenvalue weighted by Crippen LogP contribution is 2.35. The number of aromatic nitrogens is 2. The molecule has 1 aromatic heterocycles. The number of halogens is 1. The van der Waals surface area contributed by atoms with E-state index in [9.17, 15) is 10.2 Å². The van der Waals surface area contributed by atoms with E-state index < -0.39 is 0 Å². The van der Waals surface area contributed by atoms with E-state index in [2.05, 4.69) is 22.2 Å². The van der Waals surface area contributed by atoms with E-state index in [1.165, 1.54) is 6.07 Å². The second kappa shape index (κ2) is 8.75. The van der Waals surface area contributed by atoms with Crippen molar-refractivity contribution in [1.82, 2.24) is 10.1 Å². The van der Waals surface area contributed by atoms with E-state index in [-0.39, 0.29) is 23.1 Å². The maximum Gasteiger partial charge on any atom is 0.226 e. The summed E-state index contributed by atoms with van der Waals surface area (Å²) in [7, 11) is 0. The van der Waals surface area contributed by atoms with E-state index in [0.717, 1.165) is 24.0 Å². The zero-order valence-corrected chi connectivity index (χ0v) is 16.3. The summed E-state index contributed by atoms with van der Waals surface area (Å²) < 4.78 is 5.23. The van der Waals surface area contributed by atoms with Crippen LogP contribution in [0.2, 0.25) is 5.02 Å². The summed E-state index contributed by atoms with van der Waals surface area (Å²) in [4.78, 5) is 9.80. The summed E-state index contributed by atoms with van der Waals surface area (Å²) >= 11 is 6.03. The van der Waals surface area contributed by atoms with Crippen molar-refractivity contribution in [3.05, 3.63) is 58.4 Å². The maximum absolute atomic E-state index is 9.72. The Kier molecular flexibility index (Phi) is 6.16. The lowest BCUT2D eigenvalue weighted by molar-refractivity contribution is 0.130. The van der Waals surface area contributed by atoms with E-state index in [1.54, 1.807) is 13.0 Å². The number of aryl methyl sites for hydroxylation is 1. The van der Waals surface area contributed by atoms with Gasteiger partial charge in [0, 0.05) is 17.5 Å². The van der Waals surface area contributed by atoms with E-state index in [0.29, 0.717) is 23.0 Å². The third kappa shape index (κ3) is 4.43. The minimum Gasteiger partial charge on any atom is -0.504 e. The van der Waals surface area contributed by atoms with E-state index in [1.807, 2.05) is 24.3 Å². The Labute approximate surface area is 167 Å². The number of hydrogen-bond donors (Lipinski definition) is 2. The Morgan fingerprint density at radius 3 is 2.86 bits per heavy atom. The van der Waals surface area contributed by atoms with Crippen LogP contribution in [0.15, 0.2) is 46.1 Å². The highest BCUT2D eigenvalue weighted by Gasteiger charge is 2.13. The van der Waals surface area contributed by atoms with Crippen LogP contribution in [0.25, 0.3) is 11.4 Å². The van der Waals surface area contributed by atoms with Crippen molar-refractivity contribution < 1.29 is 19.6 Å². The van der Waals surface area contributed by atoms with E-state index in [4.69, 9.17) is 21.0 Å². The lowest BCUT2D eigenvalue weighted by Crippen LogP contribution is -1.98. The molecule has 8 heteroatoms. The van der Waals surface area contributed by atoms with Gasteiger partial charge in [-0.1, -0.05) is 47.0 Å². The normalized spacial score (nSPS) is 11.6. The number of nitrogens with zero attached hydrogens (tertiary/aromatic N) is 3. The SMILES string of the molecule is CCCc1nc(-c2cccc(CO/N=C(\C)c3ccc(O)c(O)c3Cl)c2)no1. The van der Waals surface area contributed by atoms with Crippen LogP contribution >= 0.6 is 11.6 Å². The fourth-order valence-corrected chi connectivity index (χ4v) is 2.87. The number of aromatic hydroxyl groups is 2. The lowest BCUT2D eigenvalue weighted by Gasteiger charge is -2.07. The van der Waals surface area contributed by atoms with Crippen LogP contribution in [0.4, 0.5) is 0 Å². The van der Waals surface area contributed by atoms with Gasteiger partial charge >= 0.3 is 0 Å². The minimum atomic E-state index is -0.385. The Bertz CT molecular complexity index is 1000. The molecule has 146 valence electrons. The number of benzene rings is 2. The van der Waals surface area contributed by atoms with E-state index >= 15 is 0 Å². The molecule has 0 aliphatic rings. The standard InChI is InChI=1S/C20H20ClN3O4/c1-3-5-17-22-20(24-28-17)14-7-4-6-13(10-14)11-27-23-12(2)15-8-9-16(25)19(26)18(15)21/h4,6-10,25-26H,3,5,11H2,1-2H3/b23-12+. The Morgan fingerprint density at radius 1 is 1.25 bits per heavy atom. The van der Waals surface area contributed by atoms with Gasteiger partial charge in [-0.25, -0.2) is 0 Å². The molecule has 0 saturated carbocycles. The van der Waals surface area contributed by atoms with Gasteiger partial charge in [-0.3, -0.25) is 0 Å². The van der Waals surface area contributed by atoms with Crippen molar-refractivity contribution >= 4 is 17.3 Å². The molecule has 0 spiro atoms. The molecule has 2 aromatic carbocycles. The first kappa shape index (κ1) is 19.7. The molecule has 1 heterocycles. The van der Waals surface area contributed by atoms with Crippen LogP contribution in [0.5, 0.6) is 11.5 Å². The summed E-state index contributed by atoms with van der Waals surface area (Å²) in [6.07, 6.45) is 1.69. The Balaban J connectivity index is 1.69. The lowest BCUT2D eigenvalue weighted by atomic mass is 10.1. The molecule has 0 aliphatic carbocycles. The topological polar surface area (TPSA) is 101 Å². The van der Waals surface area contributed by atoms with Gasteiger partial charge in [-0.05, 0) is 37.1 Å². The highest BCUT2D eigenvalue weighted by molar-refractivity contribution is 6.35. The zero-order chi connectivity index (χ0) is 20.1. The number of phenolic OH excluding ortho intramolecular Hbond substituents is 2. The molecule has 0 unspecified atom stereocenters. The monoisotopic (exact) mass is 401 g/mol. The average molecular weight is 402 g/mol. The molecule has 0 amide bonds. The Morgan fingerprint density at radius 2 is 2.07 bits per heavy atom. The molecule has 7 nitrogen and oxygen atoms in total. The first-order chi connectivity index (χ1) is 13.5. The third-order valence-corrected chi connectivity index (χ3v) is 4.42. The van der Waals surface area contributed by atoms with Crippen LogP contribution in [-0.2, 0) is 17.9 Å². The van der Waals surface area contributed by atoms with Crippen molar-refractivity contribution in [1.29, 1.82) is 0 Å². The van der Waals surface area contributed by atoms with Gasteiger partial charge < -0.3 is 19.6 Å². The molecular formula is C20H20ClN3O4. The van der Waals surface area contributed by atoms with Gasteiger partial charge in [0.05, 0.1) is 10.7 Å². The quantitative estimate of drug-likeness (QED) is 0.338. The van der Waals surface area contributed by atoms with Gasteiger partial charge in [0.15, 0.2) is 11.5 Å². The summed E-state index contributed by atoms with van der Waals surface area (Å²) in [5.74, 6) is 0.483. The van der Waals surface area contributed by atoms with Crippen LogP contribution in [0.1, 0.15) is 37.3 Å². The third-order valence-electron chi connectivity index (χ3n) is 4.03. The van der Waals surface area contributed by atoms with Crippen molar-refractivity contribution in [2.45, 2.75) is 33.3 Å².